The summed E-state index contributed by atoms with van der Waals surface area (Å²) in [7, 11) is 0. The van der Waals surface area contributed by atoms with Crippen LogP contribution in [0, 0.1) is 6.92 Å². The molecule has 1 saturated heterocycles. The number of anilines is 1. The Morgan fingerprint density at radius 1 is 1.07 bits per heavy atom. The van der Waals surface area contributed by atoms with Crippen molar-refractivity contribution in [2.24, 2.45) is 0 Å². The van der Waals surface area contributed by atoms with Gasteiger partial charge in [0.2, 0.25) is 5.91 Å². The fourth-order valence-corrected chi connectivity index (χ4v) is 3.44. The number of rotatable bonds is 3. The van der Waals surface area contributed by atoms with Crippen molar-refractivity contribution in [2.45, 2.75) is 6.92 Å². The largest absolute Gasteiger partial charge is 0.482 e. The Hall–Kier alpha value is -3.29. The second-order valence-corrected chi connectivity index (χ2v) is 6.89. The molecule has 3 heterocycles. The highest BCUT2D eigenvalue weighted by Gasteiger charge is 2.31. The summed E-state index contributed by atoms with van der Waals surface area (Å²) in [6.45, 7) is 3.51. The second-order valence-electron chi connectivity index (χ2n) is 6.89. The zero-order chi connectivity index (χ0) is 19.7. The highest BCUT2D eigenvalue weighted by Crippen LogP contribution is 2.32. The first-order chi connectivity index (χ1) is 13.5. The summed E-state index contributed by atoms with van der Waals surface area (Å²) in [5.74, 6) is 0.341. The summed E-state index contributed by atoms with van der Waals surface area (Å²) in [4.78, 5) is 42.3. The fourth-order valence-electron chi connectivity index (χ4n) is 3.44. The van der Waals surface area contributed by atoms with Gasteiger partial charge in [0.1, 0.15) is 12.3 Å². The Kier molecular flexibility index (Phi) is 4.77. The van der Waals surface area contributed by atoms with E-state index in [1.54, 1.807) is 21.9 Å². The number of hydrogen-bond acceptors (Lipinski definition) is 5. The zero-order valence-corrected chi connectivity index (χ0v) is 15.6. The quantitative estimate of drug-likeness (QED) is 0.798. The molecule has 0 radical (unpaired) electrons. The molecule has 2 aliphatic rings. The molecule has 0 bridgehead atoms. The first kappa shape index (κ1) is 18.1. The molecule has 146 valence electrons. The van der Waals surface area contributed by atoms with Gasteiger partial charge >= 0.3 is 0 Å². The van der Waals surface area contributed by atoms with E-state index in [9.17, 15) is 14.4 Å². The minimum Gasteiger partial charge on any atom is -0.482 e. The van der Waals surface area contributed by atoms with Crippen LogP contribution in [0.5, 0.6) is 5.75 Å². The number of furan rings is 1. The maximum absolute atomic E-state index is 12.8. The van der Waals surface area contributed by atoms with Gasteiger partial charge in [-0.3, -0.25) is 19.3 Å². The van der Waals surface area contributed by atoms with E-state index >= 15 is 0 Å². The molecule has 0 aliphatic carbocycles. The molecule has 0 spiro atoms. The van der Waals surface area contributed by atoms with Crippen LogP contribution < -0.4 is 9.64 Å². The lowest BCUT2D eigenvalue weighted by atomic mass is 10.1. The minimum absolute atomic E-state index is 0.0369. The van der Waals surface area contributed by atoms with Gasteiger partial charge in [0.15, 0.2) is 12.4 Å². The molecule has 1 aromatic carbocycles. The number of amides is 3. The van der Waals surface area contributed by atoms with Crippen LogP contribution in [0.15, 0.2) is 41.0 Å². The average molecular weight is 383 g/mol. The van der Waals surface area contributed by atoms with Gasteiger partial charge in [-0.2, -0.15) is 0 Å². The summed E-state index contributed by atoms with van der Waals surface area (Å²) in [6.07, 6.45) is 1.46. The molecule has 3 amide bonds. The van der Waals surface area contributed by atoms with Crippen LogP contribution in [0.25, 0.3) is 0 Å². The van der Waals surface area contributed by atoms with Crippen molar-refractivity contribution in [2.75, 3.05) is 44.2 Å². The molecular formula is C20H21N3O5. The summed E-state index contributed by atoms with van der Waals surface area (Å²) < 4.78 is 10.6. The number of fused-ring (bicyclic) bond motifs is 1. The third-order valence-electron chi connectivity index (χ3n) is 5.00. The van der Waals surface area contributed by atoms with Crippen LogP contribution in [0.4, 0.5) is 5.69 Å². The van der Waals surface area contributed by atoms with Crippen molar-refractivity contribution in [3.63, 3.8) is 0 Å². The average Bonchev–Trinajstić information content (AvgIpc) is 3.24. The normalized spacial score (nSPS) is 16.6. The Bertz CT molecular complexity index is 901. The van der Waals surface area contributed by atoms with Crippen molar-refractivity contribution < 1.29 is 23.5 Å². The molecule has 2 aliphatic heterocycles. The Morgan fingerprint density at radius 3 is 2.54 bits per heavy atom. The first-order valence-electron chi connectivity index (χ1n) is 9.17. The molecule has 1 fully saturated rings. The molecule has 28 heavy (non-hydrogen) atoms. The van der Waals surface area contributed by atoms with E-state index in [-0.39, 0.29) is 30.9 Å². The Balaban J connectivity index is 1.39. The predicted molar refractivity (Wildman–Crippen MR) is 100 cm³/mol. The lowest BCUT2D eigenvalue weighted by Gasteiger charge is -2.36. The van der Waals surface area contributed by atoms with Crippen LogP contribution in [0.2, 0.25) is 0 Å². The third kappa shape index (κ3) is 3.45. The van der Waals surface area contributed by atoms with Gasteiger partial charge in [-0.25, -0.2) is 0 Å². The van der Waals surface area contributed by atoms with Gasteiger partial charge in [0.25, 0.3) is 11.8 Å². The molecule has 0 atom stereocenters. The van der Waals surface area contributed by atoms with Gasteiger partial charge < -0.3 is 19.0 Å². The van der Waals surface area contributed by atoms with Gasteiger partial charge in [0, 0.05) is 26.2 Å². The van der Waals surface area contributed by atoms with E-state index in [2.05, 4.69) is 0 Å². The van der Waals surface area contributed by atoms with Crippen molar-refractivity contribution >= 4 is 23.4 Å². The highest BCUT2D eigenvalue weighted by atomic mass is 16.5. The highest BCUT2D eigenvalue weighted by molar-refractivity contribution is 6.02. The monoisotopic (exact) mass is 383 g/mol. The summed E-state index contributed by atoms with van der Waals surface area (Å²) in [5.41, 5.74) is 1.61. The molecule has 8 nitrogen and oxygen atoms in total. The second kappa shape index (κ2) is 7.38. The Labute approximate surface area is 162 Å². The van der Waals surface area contributed by atoms with E-state index in [0.717, 1.165) is 5.56 Å². The standard InChI is InChI=1S/C20H21N3O5/c1-14-4-5-16-15(11-14)23(19(25)13-28-16)12-18(24)21-6-8-22(9-7-21)20(26)17-3-2-10-27-17/h2-5,10-11H,6-9,12-13H2,1H3. The van der Waals surface area contributed by atoms with Gasteiger partial charge in [-0.15, -0.1) is 0 Å². The van der Waals surface area contributed by atoms with Crippen LogP contribution in [-0.4, -0.2) is 66.9 Å². The summed E-state index contributed by atoms with van der Waals surface area (Å²) in [5, 5.41) is 0. The fraction of sp³-hybridized carbons (Fsp3) is 0.350. The van der Waals surface area contributed by atoms with E-state index in [1.807, 2.05) is 25.1 Å². The van der Waals surface area contributed by atoms with Gasteiger partial charge in [-0.1, -0.05) is 6.07 Å². The van der Waals surface area contributed by atoms with Crippen LogP contribution in [-0.2, 0) is 9.59 Å². The molecule has 0 unspecified atom stereocenters. The van der Waals surface area contributed by atoms with Crippen LogP contribution >= 0.6 is 0 Å². The summed E-state index contributed by atoms with van der Waals surface area (Å²) in [6, 6.07) is 8.87. The third-order valence-corrected chi connectivity index (χ3v) is 5.00. The molecule has 0 N–H and O–H groups in total. The molecule has 2 aromatic rings. The SMILES string of the molecule is Cc1ccc2c(c1)N(CC(=O)N1CCN(C(=O)c3ccco3)CC1)C(=O)CO2. The maximum Gasteiger partial charge on any atom is 0.289 e. The number of benzene rings is 1. The zero-order valence-electron chi connectivity index (χ0n) is 15.6. The molecule has 1 aromatic heterocycles. The lowest BCUT2D eigenvalue weighted by Crippen LogP contribution is -2.53. The predicted octanol–water partition coefficient (Wildman–Crippen LogP) is 1.30. The number of aryl methyl sites for hydroxylation is 1. The lowest BCUT2D eigenvalue weighted by molar-refractivity contribution is -0.133. The van der Waals surface area contributed by atoms with E-state index in [4.69, 9.17) is 9.15 Å². The maximum atomic E-state index is 12.8. The number of piperazine rings is 1. The van der Waals surface area contributed by atoms with E-state index < -0.39 is 0 Å². The van der Waals surface area contributed by atoms with Crippen molar-refractivity contribution in [3.05, 3.63) is 47.9 Å². The smallest absolute Gasteiger partial charge is 0.289 e. The number of nitrogens with zero attached hydrogens (tertiary/aromatic N) is 3. The van der Waals surface area contributed by atoms with Crippen molar-refractivity contribution in [1.82, 2.24) is 9.80 Å². The number of carbonyl (C=O) groups is 3. The molecular weight excluding hydrogens is 362 g/mol. The number of ether oxygens (including phenoxy) is 1. The van der Waals surface area contributed by atoms with Crippen LogP contribution in [0.1, 0.15) is 16.1 Å². The number of carbonyl (C=O) groups excluding carboxylic acids is 3. The van der Waals surface area contributed by atoms with Gasteiger partial charge in [0.05, 0.1) is 12.0 Å². The van der Waals surface area contributed by atoms with Crippen molar-refractivity contribution in [3.8, 4) is 5.75 Å². The van der Waals surface area contributed by atoms with E-state index in [0.29, 0.717) is 43.4 Å². The first-order valence-corrected chi connectivity index (χ1v) is 9.17. The molecule has 8 heteroatoms. The van der Waals surface area contributed by atoms with Gasteiger partial charge in [-0.05, 0) is 36.8 Å². The topological polar surface area (TPSA) is 83.3 Å². The van der Waals surface area contributed by atoms with Crippen molar-refractivity contribution in [1.29, 1.82) is 0 Å². The Morgan fingerprint density at radius 2 is 1.82 bits per heavy atom. The van der Waals surface area contributed by atoms with E-state index in [1.165, 1.54) is 11.2 Å². The molecule has 4 rings (SSSR count). The number of hydrogen-bond donors (Lipinski definition) is 0. The summed E-state index contributed by atoms with van der Waals surface area (Å²) >= 11 is 0. The molecule has 0 saturated carbocycles. The minimum atomic E-state index is -0.238. The van der Waals surface area contributed by atoms with Crippen LogP contribution in [0.3, 0.4) is 0 Å².